The van der Waals surface area contributed by atoms with Crippen molar-refractivity contribution in [2.24, 2.45) is 0 Å². The Kier molecular flexibility index (Phi) is 5.00. The summed E-state index contributed by atoms with van der Waals surface area (Å²) < 4.78 is 5.05. The van der Waals surface area contributed by atoms with Crippen molar-refractivity contribution >= 4 is 47.8 Å². The van der Waals surface area contributed by atoms with Crippen molar-refractivity contribution in [1.82, 2.24) is 14.9 Å². The normalized spacial score (nSPS) is 10.9. The van der Waals surface area contributed by atoms with Crippen LogP contribution < -0.4 is 5.32 Å². The number of aromatic nitrogens is 2. The molecule has 18 heavy (non-hydrogen) atoms. The quantitative estimate of drug-likeness (QED) is 0.774. The minimum atomic E-state index is 0.787. The van der Waals surface area contributed by atoms with Gasteiger partial charge in [-0.25, -0.2) is 4.98 Å². The minimum Gasteiger partial charge on any atom is -0.311 e. The van der Waals surface area contributed by atoms with E-state index < -0.39 is 0 Å². The average molecular weight is 438 g/mol. The first-order valence-electron chi connectivity index (χ1n) is 5.50. The summed E-state index contributed by atoms with van der Waals surface area (Å²) in [5.41, 5.74) is 2.08. The molecule has 0 radical (unpaired) electrons. The Bertz CT molecular complexity index is 528. The topological polar surface area (TPSA) is 29.9 Å². The van der Waals surface area contributed by atoms with Crippen LogP contribution in [0.25, 0.3) is 5.69 Å². The lowest BCUT2D eigenvalue weighted by Gasteiger charge is -2.08. The molecular weight excluding hydrogens is 426 g/mol. The molecule has 2 aromatic rings. The van der Waals surface area contributed by atoms with E-state index in [1.165, 1.54) is 0 Å². The van der Waals surface area contributed by atoms with Gasteiger partial charge >= 0.3 is 0 Å². The molecule has 1 N–H and O–H groups in total. The summed E-state index contributed by atoms with van der Waals surface area (Å²) in [4.78, 5) is 4.38. The van der Waals surface area contributed by atoms with Crippen LogP contribution >= 0.6 is 47.8 Å². The molecule has 0 aliphatic heterocycles. The zero-order valence-electron chi connectivity index (χ0n) is 9.75. The van der Waals surface area contributed by atoms with Gasteiger partial charge in [-0.3, -0.25) is 0 Å². The summed E-state index contributed by atoms with van der Waals surface area (Å²) in [6.45, 7) is 3.81. The number of nitrogens with zero attached hydrogens (tertiary/aromatic N) is 2. The Morgan fingerprint density at radius 2 is 1.89 bits per heavy atom. The van der Waals surface area contributed by atoms with E-state index in [2.05, 4.69) is 65.0 Å². The van der Waals surface area contributed by atoms with Crippen molar-refractivity contribution < 1.29 is 0 Å². The van der Waals surface area contributed by atoms with Crippen molar-refractivity contribution in [3.63, 3.8) is 0 Å². The molecule has 0 aliphatic rings. The molecule has 2 rings (SSSR count). The first-order valence-corrected chi connectivity index (χ1v) is 7.88. The lowest BCUT2D eigenvalue weighted by Crippen LogP contribution is -2.11. The molecule has 0 spiro atoms. The highest BCUT2D eigenvalue weighted by Crippen LogP contribution is 2.32. The average Bonchev–Trinajstić information content (AvgIpc) is 2.73. The van der Waals surface area contributed by atoms with Gasteiger partial charge in [-0.1, -0.05) is 22.9 Å². The largest absolute Gasteiger partial charge is 0.311 e. The van der Waals surface area contributed by atoms with E-state index in [0.29, 0.717) is 0 Å². The SMILES string of the molecule is CCNCc1cn(-c2c(Br)cc(Br)cc2Br)cn1. The van der Waals surface area contributed by atoms with E-state index in [4.69, 9.17) is 0 Å². The van der Waals surface area contributed by atoms with Crippen LogP contribution in [-0.4, -0.2) is 16.1 Å². The summed E-state index contributed by atoms with van der Waals surface area (Å²) in [6, 6.07) is 4.04. The molecule has 0 saturated carbocycles. The molecule has 0 amide bonds. The van der Waals surface area contributed by atoms with E-state index in [0.717, 1.165) is 37.9 Å². The summed E-state index contributed by atoms with van der Waals surface area (Å²) in [6.07, 6.45) is 3.85. The van der Waals surface area contributed by atoms with Crippen LogP contribution in [0.5, 0.6) is 0 Å². The highest BCUT2D eigenvalue weighted by molar-refractivity contribution is 9.11. The van der Waals surface area contributed by atoms with Crippen molar-refractivity contribution in [3.05, 3.63) is 43.8 Å². The Morgan fingerprint density at radius 3 is 2.50 bits per heavy atom. The lowest BCUT2D eigenvalue weighted by atomic mass is 10.3. The minimum absolute atomic E-state index is 0.787. The third kappa shape index (κ3) is 3.23. The Labute approximate surface area is 131 Å². The molecule has 96 valence electrons. The number of imidazole rings is 1. The Hall–Kier alpha value is -0.170. The molecule has 0 atom stereocenters. The van der Waals surface area contributed by atoms with Gasteiger partial charge in [0.05, 0.1) is 17.7 Å². The fourth-order valence-electron chi connectivity index (χ4n) is 1.61. The maximum atomic E-state index is 4.38. The van der Waals surface area contributed by atoms with Gasteiger partial charge in [0.1, 0.15) is 0 Å². The third-order valence-corrected chi connectivity index (χ3v) is 4.10. The van der Waals surface area contributed by atoms with E-state index in [1.807, 2.05) is 29.2 Å². The molecule has 0 bridgehead atoms. The van der Waals surface area contributed by atoms with E-state index in [-0.39, 0.29) is 0 Å². The second-order valence-electron chi connectivity index (χ2n) is 3.77. The lowest BCUT2D eigenvalue weighted by molar-refractivity contribution is 0.713. The van der Waals surface area contributed by atoms with Crippen molar-refractivity contribution in [3.8, 4) is 5.69 Å². The molecule has 0 saturated heterocycles. The van der Waals surface area contributed by atoms with Crippen LogP contribution in [0.1, 0.15) is 12.6 Å². The van der Waals surface area contributed by atoms with Crippen LogP contribution in [0.2, 0.25) is 0 Å². The summed E-state index contributed by atoms with van der Waals surface area (Å²) in [5, 5.41) is 3.26. The maximum absolute atomic E-state index is 4.38. The molecule has 0 aliphatic carbocycles. The van der Waals surface area contributed by atoms with Gasteiger partial charge < -0.3 is 9.88 Å². The third-order valence-electron chi connectivity index (χ3n) is 2.43. The summed E-state index contributed by atoms with van der Waals surface area (Å²) in [7, 11) is 0. The molecule has 1 heterocycles. The van der Waals surface area contributed by atoms with Crippen molar-refractivity contribution in [2.75, 3.05) is 6.54 Å². The van der Waals surface area contributed by atoms with E-state index in [1.54, 1.807) is 0 Å². The number of hydrogen-bond acceptors (Lipinski definition) is 2. The standard InChI is InChI=1S/C12H12Br3N3/c1-2-16-5-9-6-18(7-17-9)12-10(14)3-8(13)4-11(12)15/h3-4,6-7,16H,2,5H2,1H3. The smallest absolute Gasteiger partial charge is 0.0996 e. The van der Waals surface area contributed by atoms with E-state index in [9.17, 15) is 0 Å². The van der Waals surface area contributed by atoms with Gasteiger partial charge in [-0.15, -0.1) is 0 Å². The molecule has 0 unspecified atom stereocenters. The number of rotatable bonds is 4. The molecular formula is C12H12Br3N3. The van der Waals surface area contributed by atoms with Gasteiger partial charge in [0.25, 0.3) is 0 Å². The van der Waals surface area contributed by atoms with Gasteiger partial charge in [-0.2, -0.15) is 0 Å². The van der Waals surface area contributed by atoms with Gasteiger partial charge in [0.2, 0.25) is 0 Å². The number of nitrogens with one attached hydrogen (secondary N) is 1. The molecule has 6 heteroatoms. The fourth-order valence-corrected chi connectivity index (χ4v) is 4.28. The number of hydrogen-bond donors (Lipinski definition) is 1. The number of halogens is 3. The first-order chi connectivity index (χ1) is 8.61. The van der Waals surface area contributed by atoms with Crippen LogP contribution in [0.15, 0.2) is 38.1 Å². The van der Waals surface area contributed by atoms with Gasteiger partial charge in [0.15, 0.2) is 0 Å². The predicted octanol–water partition coefficient (Wildman–Crippen LogP) is 4.27. The molecule has 1 aromatic heterocycles. The second-order valence-corrected chi connectivity index (χ2v) is 6.39. The van der Waals surface area contributed by atoms with Gasteiger partial charge in [0, 0.05) is 26.2 Å². The van der Waals surface area contributed by atoms with Crippen molar-refractivity contribution in [2.45, 2.75) is 13.5 Å². The van der Waals surface area contributed by atoms with E-state index >= 15 is 0 Å². The maximum Gasteiger partial charge on any atom is 0.0996 e. The summed E-state index contributed by atoms with van der Waals surface area (Å²) in [5.74, 6) is 0. The molecule has 0 fully saturated rings. The zero-order chi connectivity index (χ0) is 13.1. The summed E-state index contributed by atoms with van der Waals surface area (Å²) >= 11 is 10.6. The van der Waals surface area contributed by atoms with Crippen LogP contribution in [0, 0.1) is 0 Å². The molecule has 1 aromatic carbocycles. The van der Waals surface area contributed by atoms with Crippen molar-refractivity contribution in [1.29, 1.82) is 0 Å². The highest BCUT2D eigenvalue weighted by Gasteiger charge is 2.09. The monoisotopic (exact) mass is 435 g/mol. The Morgan fingerprint density at radius 1 is 1.22 bits per heavy atom. The van der Waals surface area contributed by atoms with Gasteiger partial charge in [-0.05, 0) is 50.5 Å². The second kappa shape index (κ2) is 6.32. The molecule has 3 nitrogen and oxygen atoms in total. The number of benzene rings is 1. The predicted molar refractivity (Wildman–Crippen MR) is 84.0 cm³/mol. The Balaban J connectivity index is 2.34. The van der Waals surface area contributed by atoms with Crippen LogP contribution in [0.3, 0.4) is 0 Å². The van der Waals surface area contributed by atoms with Crippen LogP contribution in [0.4, 0.5) is 0 Å². The van der Waals surface area contributed by atoms with Crippen LogP contribution in [-0.2, 0) is 6.54 Å². The zero-order valence-corrected chi connectivity index (χ0v) is 14.5. The highest BCUT2D eigenvalue weighted by atomic mass is 79.9. The first kappa shape index (κ1) is 14.2. The fraction of sp³-hybridized carbons (Fsp3) is 0.250.